The van der Waals surface area contributed by atoms with Crippen molar-refractivity contribution in [1.82, 2.24) is 0 Å². The van der Waals surface area contributed by atoms with Gasteiger partial charge >= 0.3 is 0 Å². The van der Waals surface area contributed by atoms with Crippen LogP contribution in [0, 0.1) is 0 Å². The third-order valence-electron chi connectivity index (χ3n) is 3.21. The number of aliphatic hydroxyl groups is 1. The predicted molar refractivity (Wildman–Crippen MR) is 68.8 cm³/mol. The average molecular weight is 222 g/mol. The first-order valence-electron chi connectivity index (χ1n) is 5.61. The Morgan fingerprint density at radius 3 is 1.87 bits per heavy atom. The zero-order valence-electron chi connectivity index (χ0n) is 10.4. The summed E-state index contributed by atoms with van der Waals surface area (Å²) in [5.41, 5.74) is 3.00. The summed E-state index contributed by atoms with van der Waals surface area (Å²) >= 11 is 0. The molecule has 0 saturated heterocycles. The molecule has 0 fully saturated rings. The standard InChI is InChI=1S/C13H22OSi/c1-10(14)12-8-6-7-9-13(12)11(2)15(3,4)5/h6-11,14H,1-5H3/t10-,11-/m0/s1. The molecule has 0 aliphatic heterocycles. The second-order valence-electron chi connectivity index (χ2n) is 5.39. The third kappa shape index (κ3) is 2.92. The molecule has 0 aliphatic rings. The Labute approximate surface area is 94.2 Å². The topological polar surface area (TPSA) is 20.2 Å². The molecule has 1 N–H and O–H groups in total. The normalized spacial score (nSPS) is 16.1. The molecule has 1 rings (SSSR count). The van der Waals surface area contributed by atoms with Gasteiger partial charge in [-0.05, 0) is 23.6 Å². The number of hydrogen-bond acceptors (Lipinski definition) is 1. The molecule has 2 atom stereocenters. The first kappa shape index (κ1) is 12.5. The number of benzene rings is 1. The van der Waals surface area contributed by atoms with Gasteiger partial charge in [-0.15, -0.1) is 0 Å². The second-order valence-corrected chi connectivity index (χ2v) is 11.0. The highest BCUT2D eigenvalue weighted by molar-refractivity contribution is 6.77. The quantitative estimate of drug-likeness (QED) is 0.773. The van der Waals surface area contributed by atoms with Crippen LogP contribution >= 0.6 is 0 Å². The highest BCUT2D eigenvalue weighted by atomic mass is 28.3. The summed E-state index contributed by atoms with van der Waals surface area (Å²) in [6, 6.07) is 8.27. The van der Waals surface area contributed by atoms with Gasteiger partial charge in [0.25, 0.3) is 0 Å². The first-order chi connectivity index (χ1) is 6.84. The Balaban J connectivity index is 3.14. The van der Waals surface area contributed by atoms with Gasteiger partial charge in [0.1, 0.15) is 0 Å². The Hall–Kier alpha value is -0.603. The third-order valence-corrected chi connectivity index (χ3v) is 6.12. The van der Waals surface area contributed by atoms with Gasteiger partial charge in [-0.25, -0.2) is 0 Å². The van der Waals surface area contributed by atoms with Crippen molar-refractivity contribution in [2.75, 3.05) is 0 Å². The fourth-order valence-corrected chi connectivity index (χ4v) is 2.95. The maximum Gasteiger partial charge on any atom is 0.0764 e. The lowest BCUT2D eigenvalue weighted by Crippen LogP contribution is -2.29. The SMILES string of the molecule is C[C@H](O)c1ccccc1[C@H](C)[Si](C)(C)C. The number of hydrogen-bond donors (Lipinski definition) is 1. The molecular weight excluding hydrogens is 200 g/mol. The first-order valence-corrected chi connectivity index (χ1v) is 9.18. The minimum Gasteiger partial charge on any atom is -0.389 e. The van der Waals surface area contributed by atoms with Crippen molar-refractivity contribution in [2.24, 2.45) is 0 Å². The summed E-state index contributed by atoms with van der Waals surface area (Å²) in [6.07, 6.45) is -0.361. The van der Waals surface area contributed by atoms with Gasteiger partial charge in [0.2, 0.25) is 0 Å². The molecule has 0 radical (unpaired) electrons. The van der Waals surface area contributed by atoms with E-state index in [1.807, 2.05) is 19.1 Å². The molecule has 0 spiro atoms. The molecule has 1 aromatic carbocycles. The van der Waals surface area contributed by atoms with Crippen molar-refractivity contribution >= 4 is 8.07 Å². The minimum atomic E-state index is -1.19. The molecule has 0 unspecified atom stereocenters. The van der Waals surface area contributed by atoms with E-state index >= 15 is 0 Å². The van der Waals surface area contributed by atoms with Gasteiger partial charge in [-0.3, -0.25) is 0 Å². The van der Waals surface area contributed by atoms with Crippen LogP contribution in [0.2, 0.25) is 19.6 Å². The molecular formula is C13H22OSi. The van der Waals surface area contributed by atoms with Crippen LogP contribution in [0.15, 0.2) is 24.3 Å². The van der Waals surface area contributed by atoms with Crippen LogP contribution in [0.25, 0.3) is 0 Å². The molecule has 0 aliphatic carbocycles. The zero-order chi connectivity index (χ0) is 11.6. The van der Waals surface area contributed by atoms with Crippen LogP contribution in [0.1, 0.15) is 36.6 Å². The summed E-state index contributed by atoms with van der Waals surface area (Å²) in [5, 5.41) is 9.73. The largest absolute Gasteiger partial charge is 0.389 e. The molecule has 84 valence electrons. The van der Waals surface area contributed by atoms with Crippen molar-refractivity contribution in [3.8, 4) is 0 Å². The summed E-state index contributed by atoms with van der Waals surface area (Å²) in [5.74, 6) is 0. The molecule has 0 bridgehead atoms. The van der Waals surface area contributed by atoms with E-state index in [1.165, 1.54) is 5.56 Å². The smallest absolute Gasteiger partial charge is 0.0764 e. The van der Waals surface area contributed by atoms with E-state index < -0.39 is 8.07 Å². The lowest BCUT2D eigenvalue weighted by molar-refractivity contribution is 0.198. The Bertz CT molecular complexity index is 326. The Morgan fingerprint density at radius 1 is 1.00 bits per heavy atom. The summed E-state index contributed by atoms with van der Waals surface area (Å²) in [4.78, 5) is 0. The van der Waals surface area contributed by atoms with E-state index in [9.17, 15) is 5.11 Å². The highest BCUT2D eigenvalue weighted by Crippen LogP contribution is 2.31. The fraction of sp³-hybridized carbons (Fsp3) is 0.538. The fourth-order valence-electron chi connectivity index (χ4n) is 1.75. The molecule has 15 heavy (non-hydrogen) atoms. The maximum atomic E-state index is 9.73. The molecule has 0 aromatic heterocycles. The predicted octanol–water partition coefficient (Wildman–Crippen LogP) is 3.72. The van der Waals surface area contributed by atoms with Gasteiger partial charge in [-0.1, -0.05) is 50.8 Å². The van der Waals surface area contributed by atoms with Gasteiger partial charge < -0.3 is 5.11 Å². The van der Waals surface area contributed by atoms with Gasteiger partial charge in [0, 0.05) is 0 Å². The summed E-state index contributed by atoms with van der Waals surface area (Å²) < 4.78 is 0. The van der Waals surface area contributed by atoms with Crippen molar-refractivity contribution in [2.45, 2.75) is 45.1 Å². The number of aliphatic hydroxyl groups excluding tert-OH is 1. The van der Waals surface area contributed by atoms with Crippen LogP contribution in [-0.4, -0.2) is 13.2 Å². The molecule has 1 aromatic rings. The van der Waals surface area contributed by atoms with Gasteiger partial charge in [0.15, 0.2) is 0 Å². The minimum absolute atomic E-state index is 0.361. The summed E-state index contributed by atoms with van der Waals surface area (Å²) in [6.45, 7) is 11.2. The van der Waals surface area contributed by atoms with E-state index in [2.05, 4.69) is 38.7 Å². The van der Waals surface area contributed by atoms with E-state index in [4.69, 9.17) is 0 Å². The Kier molecular flexibility index (Phi) is 3.74. The monoisotopic (exact) mass is 222 g/mol. The van der Waals surface area contributed by atoms with Gasteiger partial charge in [-0.2, -0.15) is 0 Å². The summed E-state index contributed by atoms with van der Waals surface area (Å²) in [7, 11) is -1.19. The van der Waals surface area contributed by atoms with Crippen LogP contribution in [0.3, 0.4) is 0 Å². The Morgan fingerprint density at radius 2 is 1.47 bits per heavy atom. The highest BCUT2D eigenvalue weighted by Gasteiger charge is 2.26. The molecule has 0 saturated carbocycles. The van der Waals surface area contributed by atoms with Crippen molar-refractivity contribution < 1.29 is 5.11 Å². The van der Waals surface area contributed by atoms with Crippen LogP contribution in [0.5, 0.6) is 0 Å². The van der Waals surface area contributed by atoms with E-state index in [1.54, 1.807) is 0 Å². The van der Waals surface area contributed by atoms with Crippen LogP contribution < -0.4 is 0 Å². The molecule has 1 nitrogen and oxygen atoms in total. The van der Waals surface area contributed by atoms with Crippen molar-refractivity contribution in [3.05, 3.63) is 35.4 Å². The van der Waals surface area contributed by atoms with Crippen molar-refractivity contribution in [1.29, 1.82) is 0 Å². The molecule has 2 heteroatoms. The molecule has 0 heterocycles. The molecule has 0 amide bonds. The lowest BCUT2D eigenvalue weighted by atomic mass is 10.0. The van der Waals surface area contributed by atoms with Crippen LogP contribution in [-0.2, 0) is 0 Å². The van der Waals surface area contributed by atoms with E-state index in [0.717, 1.165) is 5.56 Å². The lowest BCUT2D eigenvalue weighted by Gasteiger charge is -2.28. The zero-order valence-corrected chi connectivity index (χ0v) is 11.4. The average Bonchev–Trinajstić information content (AvgIpc) is 2.15. The van der Waals surface area contributed by atoms with E-state index in [0.29, 0.717) is 5.54 Å². The van der Waals surface area contributed by atoms with Crippen molar-refractivity contribution in [3.63, 3.8) is 0 Å². The van der Waals surface area contributed by atoms with Crippen LogP contribution in [0.4, 0.5) is 0 Å². The second kappa shape index (κ2) is 4.50. The maximum absolute atomic E-state index is 9.73. The van der Waals surface area contributed by atoms with E-state index in [-0.39, 0.29) is 6.10 Å². The number of rotatable bonds is 3. The van der Waals surface area contributed by atoms with Gasteiger partial charge in [0.05, 0.1) is 14.2 Å².